The average Bonchev–Trinajstić information content (AvgIpc) is 2.85. The van der Waals surface area contributed by atoms with Crippen molar-refractivity contribution in [2.45, 2.75) is 39.4 Å². The minimum absolute atomic E-state index is 0. The zero-order valence-corrected chi connectivity index (χ0v) is 30.9. The maximum Gasteiger partial charge on any atom is 0.225 e. The molecular weight excluding hydrogens is 886 g/mol. The van der Waals surface area contributed by atoms with E-state index in [9.17, 15) is 0 Å². The molecule has 9 heteroatoms. The Kier molecular flexibility index (Phi) is 17.0. The van der Waals surface area contributed by atoms with E-state index in [0.29, 0.717) is 19.0 Å². The SMILES string of the molecule is Cc1cc(C)nc(N2CCN(Cc3ccc(C[NH-])cc3)CC2)n1.[Ac].[Ac].[NH-]Cc1ccc(CCl)cc1. The number of piperazine rings is 1. The maximum atomic E-state index is 7.37. The third-order valence-corrected chi connectivity index (χ3v) is 5.95. The summed E-state index contributed by atoms with van der Waals surface area (Å²) in [6.45, 7) is 9.70. The maximum absolute atomic E-state index is 7.37. The summed E-state index contributed by atoms with van der Waals surface area (Å²) in [6, 6.07) is 18.2. The summed E-state index contributed by atoms with van der Waals surface area (Å²) in [5.74, 6) is 1.42. The van der Waals surface area contributed by atoms with E-state index in [1.54, 1.807) is 0 Å². The monoisotopic (exact) mass is 918 g/mol. The predicted octanol–water partition coefficient (Wildman–Crippen LogP) is 5.95. The molecule has 0 amide bonds. The van der Waals surface area contributed by atoms with Gasteiger partial charge in [-0.15, -0.1) is 24.7 Å². The summed E-state index contributed by atoms with van der Waals surface area (Å²) >= 11 is 5.58. The van der Waals surface area contributed by atoms with Gasteiger partial charge in [0.05, 0.1) is 0 Å². The van der Waals surface area contributed by atoms with Gasteiger partial charge in [0.25, 0.3) is 0 Å². The van der Waals surface area contributed by atoms with Gasteiger partial charge in [-0.25, -0.2) is 9.97 Å². The Hall–Kier alpha value is 0.373. The van der Waals surface area contributed by atoms with Gasteiger partial charge in [0, 0.05) is 138 Å². The van der Waals surface area contributed by atoms with Gasteiger partial charge < -0.3 is 16.4 Å². The second kappa shape index (κ2) is 17.8. The van der Waals surface area contributed by atoms with Gasteiger partial charge in [0.15, 0.2) is 0 Å². The number of hydrogen-bond acceptors (Lipinski definition) is 4. The first-order valence-electron chi connectivity index (χ1n) is 11.3. The van der Waals surface area contributed by atoms with Gasteiger partial charge in [0.1, 0.15) is 0 Å². The smallest absolute Gasteiger partial charge is 0.225 e. The second-order valence-corrected chi connectivity index (χ2v) is 8.60. The summed E-state index contributed by atoms with van der Waals surface area (Å²) < 4.78 is 0. The molecule has 1 aliphatic rings. The van der Waals surface area contributed by atoms with E-state index in [2.05, 4.69) is 44.0 Å². The van der Waals surface area contributed by atoms with Crippen molar-refractivity contribution in [3.05, 3.63) is 99.7 Å². The number of rotatable bonds is 6. The van der Waals surface area contributed by atoms with Crippen LogP contribution in [0.3, 0.4) is 0 Å². The molecule has 0 atom stereocenters. The zero-order valence-electron chi connectivity index (χ0n) is 20.7. The minimum Gasteiger partial charge on any atom is -0.674 e. The molecule has 0 unspecified atom stereocenters. The van der Waals surface area contributed by atoms with Crippen molar-refractivity contribution >= 4 is 17.5 Å². The standard InChI is InChI=1S/C18H24N5.C8H9ClN.2Ac/c1-14-11-15(2)21-18(20-14)23-9-7-22(8-10-23)13-17-5-3-16(12-19)4-6-17;9-5-7-1-3-8(6-10)4-2-7;;/h3-6,11,19H,7-10,12-13H2,1-2H3;1-4,10H,5-6H2;;/q2*-1;;. The van der Waals surface area contributed by atoms with Crippen molar-refractivity contribution in [2.24, 2.45) is 0 Å². The van der Waals surface area contributed by atoms with Crippen molar-refractivity contribution in [3.8, 4) is 0 Å². The minimum atomic E-state index is 0. The van der Waals surface area contributed by atoms with E-state index >= 15 is 0 Å². The largest absolute Gasteiger partial charge is 0.674 e. The van der Waals surface area contributed by atoms with Crippen molar-refractivity contribution in [1.29, 1.82) is 0 Å². The Labute approximate surface area is 286 Å². The van der Waals surface area contributed by atoms with Crippen LogP contribution in [-0.4, -0.2) is 41.0 Å². The summed E-state index contributed by atoms with van der Waals surface area (Å²) in [4.78, 5) is 13.9. The van der Waals surface area contributed by atoms with Gasteiger partial charge in [-0.05, 0) is 31.0 Å². The van der Waals surface area contributed by atoms with E-state index in [1.807, 2.05) is 44.2 Å². The van der Waals surface area contributed by atoms with E-state index < -0.39 is 0 Å². The molecule has 182 valence electrons. The van der Waals surface area contributed by atoms with Gasteiger partial charge in [-0.2, -0.15) is 0 Å². The molecular formula is C26H33Ac2ClN6-2. The fourth-order valence-electron chi connectivity index (χ4n) is 3.72. The van der Waals surface area contributed by atoms with Gasteiger partial charge in [-0.1, -0.05) is 59.7 Å². The van der Waals surface area contributed by atoms with Crippen LogP contribution in [0.1, 0.15) is 33.6 Å². The van der Waals surface area contributed by atoms with Crippen LogP contribution in [0.2, 0.25) is 0 Å². The molecule has 1 aromatic heterocycles. The molecule has 6 nitrogen and oxygen atoms in total. The van der Waals surface area contributed by atoms with Gasteiger partial charge in [-0.3, -0.25) is 4.90 Å². The number of benzene rings is 2. The molecule has 0 aliphatic carbocycles. The molecule has 2 radical (unpaired) electrons. The summed E-state index contributed by atoms with van der Waals surface area (Å²) in [5.41, 5.74) is 21.0. The van der Waals surface area contributed by atoms with Gasteiger partial charge in [0.2, 0.25) is 5.95 Å². The first-order valence-corrected chi connectivity index (χ1v) is 11.8. The second-order valence-electron chi connectivity index (χ2n) is 8.33. The molecule has 1 aliphatic heterocycles. The fraction of sp³-hybridized carbons (Fsp3) is 0.385. The number of nitrogens with one attached hydrogen (secondary N) is 2. The van der Waals surface area contributed by atoms with Crippen molar-refractivity contribution in [1.82, 2.24) is 14.9 Å². The quantitative estimate of drug-likeness (QED) is 0.287. The molecule has 2 heterocycles. The van der Waals surface area contributed by atoms with E-state index in [0.717, 1.165) is 66.8 Å². The van der Waals surface area contributed by atoms with E-state index in [1.165, 1.54) is 5.56 Å². The van der Waals surface area contributed by atoms with Crippen molar-refractivity contribution in [2.75, 3.05) is 31.1 Å². The molecule has 1 fully saturated rings. The molecule has 0 spiro atoms. The molecule has 35 heavy (non-hydrogen) atoms. The normalized spacial score (nSPS) is 13.2. The van der Waals surface area contributed by atoms with Crippen molar-refractivity contribution in [3.63, 3.8) is 0 Å². The number of anilines is 1. The Morgan fingerprint density at radius 2 is 1.14 bits per heavy atom. The van der Waals surface area contributed by atoms with Gasteiger partial charge >= 0.3 is 0 Å². The number of aromatic nitrogens is 2. The van der Waals surface area contributed by atoms with Crippen LogP contribution in [0, 0.1) is 102 Å². The molecule has 0 bridgehead atoms. The van der Waals surface area contributed by atoms with Crippen LogP contribution in [0.5, 0.6) is 0 Å². The molecule has 2 aromatic carbocycles. The zero-order chi connectivity index (χ0) is 23.6. The topological polar surface area (TPSA) is 79.9 Å². The summed E-state index contributed by atoms with van der Waals surface area (Å²) in [5, 5.41) is 0. The van der Waals surface area contributed by atoms with E-state index in [-0.39, 0.29) is 88.1 Å². The summed E-state index contributed by atoms with van der Waals surface area (Å²) in [7, 11) is 0. The Morgan fingerprint density at radius 1 is 0.714 bits per heavy atom. The van der Waals surface area contributed by atoms with Crippen LogP contribution < -0.4 is 4.90 Å². The van der Waals surface area contributed by atoms with Crippen LogP contribution in [0.25, 0.3) is 11.5 Å². The average molecular weight is 919 g/mol. The number of halogens is 1. The summed E-state index contributed by atoms with van der Waals surface area (Å²) in [6.07, 6.45) is 0. The van der Waals surface area contributed by atoms with Crippen molar-refractivity contribution < 1.29 is 88.1 Å². The van der Waals surface area contributed by atoms with E-state index in [4.69, 9.17) is 23.1 Å². The Bertz CT molecular complexity index is 950. The van der Waals surface area contributed by atoms with Crippen LogP contribution in [0.4, 0.5) is 5.95 Å². The molecule has 2 N–H and O–H groups in total. The van der Waals surface area contributed by atoms with Crippen LogP contribution in [-0.2, 0) is 25.5 Å². The van der Waals surface area contributed by atoms with Crippen LogP contribution >= 0.6 is 11.6 Å². The number of nitrogens with zero attached hydrogens (tertiary/aromatic N) is 4. The fourth-order valence-corrected chi connectivity index (χ4v) is 3.90. The molecule has 0 saturated carbocycles. The molecule has 3 aromatic rings. The first kappa shape index (κ1) is 33.4. The number of aryl methyl sites for hydroxylation is 2. The third-order valence-electron chi connectivity index (χ3n) is 5.64. The Morgan fingerprint density at radius 3 is 1.57 bits per heavy atom. The molecule has 1 saturated heterocycles. The third kappa shape index (κ3) is 11.3. The van der Waals surface area contributed by atoms with Crippen LogP contribution in [0.15, 0.2) is 54.6 Å². The predicted molar refractivity (Wildman–Crippen MR) is 137 cm³/mol. The molecule has 4 rings (SSSR count). The Balaban J connectivity index is 0.000000435. The first-order chi connectivity index (χ1) is 16.0. The number of alkyl halides is 1. The number of hydrogen-bond donors (Lipinski definition) is 0.